The van der Waals surface area contributed by atoms with Gasteiger partial charge in [-0.1, -0.05) is 17.7 Å². The molecule has 0 spiro atoms. The third-order valence-electron chi connectivity index (χ3n) is 2.48. The number of nitrogens with one attached hydrogen (secondary N) is 1. The Morgan fingerprint density at radius 3 is 2.60 bits per heavy atom. The van der Waals surface area contributed by atoms with Gasteiger partial charge in [-0.15, -0.1) is 0 Å². The molecule has 0 saturated carbocycles. The number of hydrogen-bond donors (Lipinski definition) is 2. The average Bonchev–Trinajstić information content (AvgIpc) is 2.42. The quantitative estimate of drug-likeness (QED) is 0.905. The van der Waals surface area contributed by atoms with E-state index in [1.807, 2.05) is 0 Å². The Labute approximate surface area is 120 Å². The number of halogens is 2. The normalized spacial score (nSPS) is 11.3. The zero-order valence-electron chi connectivity index (χ0n) is 10.2. The largest absolute Gasteiger partial charge is 0.326 e. The van der Waals surface area contributed by atoms with Crippen molar-refractivity contribution >= 4 is 27.3 Å². The maximum Gasteiger partial charge on any atom is 0.279 e. The second kappa shape index (κ2) is 5.74. The molecule has 20 heavy (non-hydrogen) atoms. The lowest BCUT2D eigenvalue weighted by Crippen LogP contribution is -2.15. The Kier molecular flexibility index (Phi) is 4.22. The summed E-state index contributed by atoms with van der Waals surface area (Å²) in [6, 6.07) is 6.49. The van der Waals surface area contributed by atoms with E-state index in [4.69, 9.17) is 17.3 Å². The number of sulfonamides is 1. The standard InChI is InChI=1S/C12H11ClFN3O2S/c13-9-2-3-11(10(14)5-9)17-20(18,19)12-4-1-8(6-15)7-16-12/h1-5,7,17H,6,15H2. The lowest BCUT2D eigenvalue weighted by atomic mass is 10.3. The number of hydrogen-bond acceptors (Lipinski definition) is 4. The number of nitrogens with two attached hydrogens (primary N) is 1. The van der Waals surface area contributed by atoms with Crippen molar-refractivity contribution in [2.45, 2.75) is 11.6 Å². The van der Waals surface area contributed by atoms with Crippen LogP contribution in [0, 0.1) is 5.82 Å². The highest BCUT2D eigenvalue weighted by Crippen LogP contribution is 2.21. The van der Waals surface area contributed by atoms with Gasteiger partial charge in [0.05, 0.1) is 5.69 Å². The molecule has 2 rings (SSSR count). The molecule has 1 aromatic carbocycles. The Morgan fingerprint density at radius 1 is 1.30 bits per heavy atom. The van der Waals surface area contributed by atoms with Gasteiger partial charge in [0.2, 0.25) is 0 Å². The van der Waals surface area contributed by atoms with E-state index < -0.39 is 15.8 Å². The van der Waals surface area contributed by atoms with E-state index in [1.165, 1.54) is 24.4 Å². The molecular weight excluding hydrogens is 305 g/mol. The first-order valence-corrected chi connectivity index (χ1v) is 7.41. The summed E-state index contributed by atoms with van der Waals surface area (Å²) in [6.45, 7) is 0.257. The molecule has 0 amide bonds. The Morgan fingerprint density at radius 2 is 2.05 bits per heavy atom. The van der Waals surface area contributed by atoms with Crippen molar-refractivity contribution in [2.24, 2.45) is 5.73 Å². The van der Waals surface area contributed by atoms with Gasteiger partial charge in [-0.05, 0) is 29.8 Å². The zero-order valence-corrected chi connectivity index (χ0v) is 11.7. The third kappa shape index (κ3) is 3.24. The van der Waals surface area contributed by atoms with Gasteiger partial charge in [0.15, 0.2) is 5.03 Å². The number of rotatable bonds is 4. The Balaban J connectivity index is 2.30. The van der Waals surface area contributed by atoms with Crippen LogP contribution in [0.15, 0.2) is 41.6 Å². The smallest absolute Gasteiger partial charge is 0.279 e. The average molecular weight is 316 g/mol. The first kappa shape index (κ1) is 14.7. The first-order valence-electron chi connectivity index (χ1n) is 5.55. The van der Waals surface area contributed by atoms with E-state index in [0.29, 0.717) is 5.56 Å². The second-order valence-electron chi connectivity index (χ2n) is 3.94. The fourth-order valence-corrected chi connectivity index (χ4v) is 2.62. The highest BCUT2D eigenvalue weighted by molar-refractivity contribution is 7.92. The van der Waals surface area contributed by atoms with Gasteiger partial charge in [-0.25, -0.2) is 9.37 Å². The number of pyridine rings is 1. The van der Waals surface area contributed by atoms with Crippen molar-refractivity contribution < 1.29 is 12.8 Å². The van der Waals surface area contributed by atoms with Crippen LogP contribution >= 0.6 is 11.6 Å². The fourth-order valence-electron chi connectivity index (χ4n) is 1.46. The molecule has 0 aliphatic rings. The van der Waals surface area contributed by atoms with Gasteiger partial charge >= 0.3 is 0 Å². The van der Waals surface area contributed by atoms with E-state index in [0.717, 1.165) is 6.07 Å². The molecule has 8 heteroatoms. The third-order valence-corrected chi connectivity index (χ3v) is 4.00. The lowest BCUT2D eigenvalue weighted by Gasteiger charge is -2.08. The summed E-state index contributed by atoms with van der Waals surface area (Å²) in [7, 11) is -3.96. The number of nitrogens with zero attached hydrogens (tertiary/aromatic N) is 1. The van der Waals surface area contributed by atoms with Crippen molar-refractivity contribution in [1.82, 2.24) is 4.98 Å². The summed E-state index contributed by atoms with van der Waals surface area (Å²) in [5.41, 5.74) is 5.90. The number of anilines is 1. The van der Waals surface area contributed by atoms with E-state index in [-0.39, 0.29) is 22.3 Å². The molecule has 0 aliphatic heterocycles. The minimum absolute atomic E-state index is 0.177. The predicted octanol–water partition coefficient (Wildman–Crippen LogP) is 2.13. The van der Waals surface area contributed by atoms with Gasteiger partial charge in [-0.2, -0.15) is 8.42 Å². The van der Waals surface area contributed by atoms with E-state index in [2.05, 4.69) is 9.71 Å². The molecule has 0 bridgehead atoms. The van der Waals surface area contributed by atoms with Crippen molar-refractivity contribution in [2.75, 3.05) is 4.72 Å². The summed E-state index contributed by atoms with van der Waals surface area (Å²) in [4.78, 5) is 3.79. The minimum atomic E-state index is -3.96. The molecule has 0 fully saturated rings. The highest BCUT2D eigenvalue weighted by Gasteiger charge is 2.17. The summed E-state index contributed by atoms with van der Waals surface area (Å²) in [5.74, 6) is -0.764. The fraction of sp³-hybridized carbons (Fsp3) is 0.0833. The summed E-state index contributed by atoms with van der Waals surface area (Å²) < 4.78 is 39.7. The van der Waals surface area contributed by atoms with E-state index in [1.54, 1.807) is 6.07 Å². The van der Waals surface area contributed by atoms with Crippen molar-refractivity contribution in [3.63, 3.8) is 0 Å². The molecule has 2 aromatic rings. The summed E-state index contributed by atoms with van der Waals surface area (Å²) in [6.07, 6.45) is 1.35. The number of aromatic nitrogens is 1. The van der Waals surface area contributed by atoms with Crippen LogP contribution < -0.4 is 10.5 Å². The van der Waals surface area contributed by atoms with Gasteiger partial charge < -0.3 is 5.73 Å². The van der Waals surface area contributed by atoms with Crippen LogP contribution in [0.2, 0.25) is 5.02 Å². The predicted molar refractivity (Wildman–Crippen MR) is 74.3 cm³/mol. The van der Waals surface area contributed by atoms with Crippen LogP contribution in [0.25, 0.3) is 0 Å². The molecule has 0 unspecified atom stereocenters. The van der Waals surface area contributed by atoms with Crippen molar-refractivity contribution in [1.29, 1.82) is 0 Å². The molecule has 1 aromatic heterocycles. The van der Waals surface area contributed by atoms with Crippen LogP contribution in [-0.2, 0) is 16.6 Å². The first-order chi connectivity index (χ1) is 9.42. The van der Waals surface area contributed by atoms with Gasteiger partial charge in [-0.3, -0.25) is 4.72 Å². The van der Waals surface area contributed by atoms with Crippen LogP contribution in [0.1, 0.15) is 5.56 Å². The van der Waals surface area contributed by atoms with Gasteiger partial charge in [0.1, 0.15) is 5.82 Å². The Hall–Kier alpha value is -1.70. The Bertz CT molecular complexity index is 720. The van der Waals surface area contributed by atoms with Crippen LogP contribution in [0.4, 0.5) is 10.1 Å². The zero-order chi connectivity index (χ0) is 14.8. The topological polar surface area (TPSA) is 85.1 Å². The maximum absolute atomic E-state index is 13.6. The van der Waals surface area contributed by atoms with Gasteiger partial charge in [0, 0.05) is 17.8 Å². The van der Waals surface area contributed by atoms with Crippen molar-refractivity contribution in [3.05, 3.63) is 52.9 Å². The number of benzene rings is 1. The molecule has 1 heterocycles. The summed E-state index contributed by atoms with van der Waals surface area (Å²) >= 11 is 5.60. The van der Waals surface area contributed by atoms with E-state index >= 15 is 0 Å². The molecule has 0 radical (unpaired) electrons. The monoisotopic (exact) mass is 315 g/mol. The lowest BCUT2D eigenvalue weighted by molar-refractivity contribution is 0.595. The second-order valence-corrected chi connectivity index (χ2v) is 6.00. The van der Waals surface area contributed by atoms with Gasteiger partial charge in [0.25, 0.3) is 10.0 Å². The van der Waals surface area contributed by atoms with Crippen LogP contribution in [0.3, 0.4) is 0 Å². The maximum atomic E-state index is 13.6. The van der Waals surface area contributed by atoms with Crippen LogP contribution in [0.5, 0.6) is 0 Å². The molecule has 0 saturated heterocycles. The van der Waals surface area contributed by atoms with Crippen molar-refractivity contribution in [3.8, 4) is 0 Å². The minimum Gasteiger partial charge on any atom is -0.326 e. The molecule has 0 atom stereocenters. The molecule has 5 nitrogen and oxygen atoms in total. The molecule has 106 valence electrons. The van der Waals surface area contributed by atoms with Crippen LogP contribution in [-0.4, -0.2) is 13.4 Å². The van der Waals surface area contributed by atoms with E-state index in [9.17, 15) is 12.8 Å². The molecule has 3 N–H and O–H groups in total. The molecular formula is C12H11ClFN3O2S. The summed E-state index contributed by atoms with van der Waals surface area (Å²) in [5, 5.41) is -0.0417. The highest BCUT2D eigenvalue weighted by atomic mass is 35.5. The SMILES string of the molecule is NCc1ccc(S(=O)(=O)Nc2ccc(Cl)cc2F)nc1. The molecule has 0 aliphatic carbocycles.